The molecule has 3 N–H and O–H groups in total. The Bertz CT molecular complexity index is 1510. The van der Waals surface area contributed by atoms with Crippen molar-refractivity contribution in [1.29, 1.82) is 0 Å². The van der Waals surface area contributed by atoms with Crippen LogP contribution in [0.1, 0.15) is 31.2 Å². The van der Waals surface area contributed by atoms with Crippen molar-refractivity contribution < 1.29 is 37.4 Å². The van der Waals surface area contributed by atoms with E-state index < -0.39 is 61.7 Å². The lowest BCUT2D eigenvalue weighted by Crippen LogP contribution is -2.43. The van der Waals surface area contributed by atoms with Gasteiger partial charge in [0.1, 0.15) is 30.6 Å². The number of ether oxygens (including phenoxy) is 2. The minimum atomic E-state index is -4.37. The van der Waals surface area contributed by atoms with Crippen LogP contribution in [0.25, 0.3) is 0 Å². The molecule has 1 aliphatic rings. The summed E-state index contributed by atoms with van der Waals surface area (Å²) in [5.74, 6) is -0.589. The van der Waals surface area contributed by atoms with Gasteiger partial charge in [0.25, 0.3) is 5.56 Å². The van der Waals surface area contributed by atoms with E-state index in [4.69, 9.17) is 18.5 Å². The standard InChI is InChI=1S/C27H31FN3O9P/c1-17-9-11-20(12-10-17)40-41(36,30-18(2)24(34)37-15-19-7-5-4-6-8-19)38-16-21-23(33)27(3,28)25(39-21)31-14-13-22(32)29-26(31)35/h4-14,18,21,23,25,33H,15-16H2,1-3H3,(H,30,36)(H,29,32,35)/t18-,21+,23+,25+,27+,41?/m0/s1. The molecular weight excluding hydrogens is 560 g/mol. The molecule has 6 atom stereocenters. The highest BCUT2D eigenvalue weighted by molar-refractivity contribution is 7.52. The Labute approximate surface area is 234 Å². The van der Waals surface area contributed by atoms with Crippen LogP contribution in [-0.2, 0) is 30.0 Å². The maximum Gasteiger partial charge on any atom is 0.459 e. The SMILES string of the molecule is Cc1ccc(OP(=O)(N[C@@H](C)C(=O)OCc2ccccc2)OC[C@H]2O[C@@H](n3ccc(=O)[nH]c3=O)[C@](C)(F)[C@@H]2O)cc1. The fourth-order valence-electron chi connectivity index (χ4n) is 4.11. The van der Waals surface area contributed by atoms with E-state index in [0.29, 0.717) is 0 Å². The number of aromatic nitrogens is 2. The predicted octanol–water partition coefficient (Wildman–Crippen LogP) is 2.76. The molecule has 14 heteroatoms. The highest BCUT2D eigenvalue weighted by Gasteiger charge is 2.56. The number of rotatable bonds is 11. The third kappa shape index (κ3) is 7.38. The van der Waals surface area contributed by atoms with Crippen LogP contribution in [0.2, 0.25) is 0 Å². The number of benzene rings is 2. The molecule has 220 valence electrons. The lowest BCUT2D eigenvalue weighted by Gasteiger charge is -2.25. The zero-order valence-electron chi connectivity index (χ0n) is 22.6. The first-order chi connectivity index (χ1) is 19.4. The fourth-order valence-corrected chi connectivity index (χ4v) is 5.61. The quantitative estimate of drug-likeness (QED) is 0.224. The highest BCUT2D eigenvalue weighted by Crippen LogP contribution is 2.47. The minimum absolute atomic E-state index is 0.0155. The van der Waals surface area contributed by atoms with Crippen LogP contribution in [0.5, 0.6) is 5.75 Å². The molecule has 1 fully saturated rings. The van der Waals surface area contributed by atoms with Gasteiger partial charge in [0, 0.05) is 12.3 Å². The summed E-state index contributed by atoms with van der Waals surface area (Å²) in [6, 6.07) is 15.3. The fraction of sp³-hybridized carbons (Fsp3) is 0.370. The van der Waals surface area contributed by atoms with Gasteiger partial charge in [-0.1, -0.05) is 48.0 Å². The summed E-state index contributed by atoms with van der Waals surface area (Å²) in [6.07, 6.45) is -3.83. The molecule has 0 bridgehead atoms. The number of halogens is 1. The number of nitrogens with zero attached hydrogens (tertiary/aromatic N) is 1. The van der Waals surface area contributed by atoms with Crippen LogP contribution in [0, 0.1) is 6.92 Å². The molecule has 1 unspecified atom stereocenters. The van der Waals surface area contributed by atoms with Gasteiger partial charge in [-0.25, -0.2) is 13.8 Å². The van der Waals surface area contributed by atoms with Gasteiger partial charge in [-0.05, 0) is 38.5 Å². The second-order valence-electron chi connectivity index (χ2n) is 9.78. The van der Waals surface area contributed by atoms with Crippen molar-refractivity contribution in [1.82, 2.24) is 14.6 Å². The molecule has 2 aromatic carbocycles. The average Bonchev–Trinajstić information content (AvgIpc) is 3.16. The van der Waals surface area contributed by atoms with Gasteiger partial charge in [0.15, 0.2) is 11.9 Å². The number of alkyl halides is 1. The molecular formula is C27H31FN3O9P. The summed E-state index contributed by atoms with van der Waals surface area (Å²) < 4.78 is 52.3. The number of esters is 1. The summed E-state index contributed by atoms with van der Waals surface area (Å²) in [5, 5.41) is 13.2. The van der Waals surface area contributed by atoms with Crippen LogP contribution in [-0.4, -0.2) is 51.2 Å². The normalized spacial score (nSPS) is 24.4. The maximum absolute atomic E-state index is 15.6. The Kier molecular flexibility index (Phi) is 9.25. The van der Waals surface area contributed by atoms with E-state index in [1.165, 1.54) is 6.92 Å². The third-order valence-electron chi connectivity index (χ3n) is 6.41. The van der Waals surface area contributed by atoms with E-state index in [2.05, 4.69) is 5.09 Å². The molecule has 0 aliphatic carbocycles. The van der Waals surface area contributed by atoms with Crippen molar-refractivity contribution in [2.45, 2.75) is 57.5 Å². The van der Waals surface area contributed by atoms with E-state index in [1.54, 1.807) is 48.5 Å². The van der Waals surface area contributed by atoms with Crippen molar-refractivity contribution in [3.8, 4) is 5.75 Å². The average molecular weight is 592 g/mol. The van der Waals surface area contributed by atoms with Gasteiger partial charge in [0.2, 0.25) is 0 Å². The number of H-pyrrole nitrogens is 1. The van der Waals surface area contributed by atoms with Crippen LogP contribution in [0.15, 0.2) is 76.4 Å². The van der Waals surface area contributed by atoms with Crippen LogP contribution < -0.4 is 20.9 Å². The first-order valence-corrected chi connectivity index (χ1v) is 14.3. The summed E-state index contributed by atoms with van der Waals surface area (Å²) in [7, 11) is -4.37. The second-order valence-corrected chi connectivity index (χ2v) is 11.5. The van der Waals surface area contributed by atoms with Gasteiger partial charge in [-0.2, -0.15) is 5.09 Å². The Morgan fingerprint density at radius 3 is 2.54 bits per heavy atom. The molecule has 0 saturated carbocycles. The first-order valence-electron chi connectivity index (χ1n) is 12.7. The number of carbonyl (C=O) groups excluding carboxylic acids is 1. The predicted molar refractivity (Wildman–Crippen MR) is 145 cm³/mol. The van der Waals surface area contributed by atoms with Crippen molar-refractivity contribution >= 4 is 13.7 Å². The van der Waals surface area contributed by atoms with E-state index >= 15 is 4.39 Å². The molecule has 2 heterocycles. The topological polar surface area (TPSA) is 158 Å². The zero-order valence-corrected chi connectivity index (χ0v) is 23.5. The van der Waals surface area contributed by atoms with E-state index in [1.807, 2.05) is 18.0 Å². The maximum atomic E-state index is 15.6. The Balaban J connectivity index is 1.49. The number of aliphatic hydroxyl groups is 1. The van der Waals surface area contributed by atoms with Crippen LogP contribution in [0.3, 0.4) is 0 Å². The van der Waals surface area contributed by atoms with E-state index in [-0.39, 0.29) is 12.4 Å². The van der Waals surface area contributed by atoms with Crippen LogP contribution >= 0.6 is 7.75 Å². The van der Waals surface area contributed by atoms with Crippen molar-refractivity contribution in [2.75, 3.05) is 6.61 Å². The van der Waals surface area contributed by atoms with Gasteiger partial charge in [-0.3, -0.25) is 23.7 Å². The van der Waals surface area contributed by atoms with Crippen molar-refractivity contribution in [3.05, 3.63) is 98.8 Å². The summed E-state index contributed by atoms with van der Waals surface area (Å²) in [6.45, 7) is 3.60. The summed E-state index contributed by atoms with van der Waals surface area (Å²) in [4.78, 5) is 38.3. The summed E-state index contributed by atoms with van der Waals surface area (Å²) >= 11 is 0. The Morgan fingerprint density at radius 1 is 1.20 bits per heavy atom. The van der Waals surface area contributed by atoms with Gasteiger partial charge in [0.05, 0.1) is 6.61 Å². The minimum Gasteiger partial charge on any atom is -0.460 e. The van der Waals surface area contributed by atoms with Gasteiger partial charge < -0.3 is 19.1 Å². The number of carbonyl (C=O) groups is 1. The molecule has 0 spiro atoms. The second kappa shape index (κ2) is 12.5. The van der Waals surface area contributed by atoms with Gasteiger partial charge in [-0.15, -0.1) is 0 Å². The van der Waals surface area contributed by atoms with E-state index in [0.717, 1.165) is 34.9 Å². The van der Waals surface area contributed by atoms with Crippen molar-refractivity contribution in [2.24, 2.45) is 0 Å². The third-order valence-corrected chi connectivity index (χ3v) is 8.05. The molecule has 1 aliphatic heterocycles. The molecule has 4 rings (SSSR count). The lowest BCUT2D eigenvalue weighted by molar-refractivity contribution is -0.146. The number of aromatic amines is 1. The molecule has 0 radical (unpaired) electrons. The smallest absolute Gasteiger partial charge is 0.459 e. The molecule has 12 nitrogen and oxygen atoms in total. The lowest BCUT2D eigenvalue weighted by atomic mass is 9.98. The number of aliphatic hydroxyl groups excluding tert-OH is 1. The zero-order chi connectivity index (χ0) is 29.8. The van der Waals surface area contributed by atoms with Gasteiger partial charge >= 0.3 is 19.4 Å². The number of nitrogens with one attached hydrogen (secondary N) is 2. The highest BCUT2D eigenvalue weighted by atomic mass is 31.2. The molecule has 3 aromatic rings. The monoisotopic (exact) mass is 591 g/mol. The number of hydrogen-bond acceptors (Lipinski definition) is 9. The molecule has 1 aromatic heterocycles. The molecule has 1 saturated heterocycles. The Morgan fingerprint density at radius 2 is 1.88 bits per heavy atom. The summed E-state index contributed by atoms with van der Waals surface area (Å²) in [5.41, 5.74) is -2.48. The number of aryl methyl sites for hydroxylation is 1. The first kappa shape index (κ1) is 30.4. The Hall–Kier alpha value is -3.61. The largest absolute Gasteiger partial charge is 0.460 e. The number of hydrogen-bond donors (Lipinski definition) is 3. The molecule has 0 amide bonds. The van der Waals surface area contributed by atoms with Crippen molar-refractivity contribution in [3.63, 3.8) is 0 Å². The van der Waals surface area contributed by atoms with Crippen LogP contribution in [0.4, 0.5) is 4.39 Å². The van der Waals surface area contributed by atoms with E-state index in [9.17, 15) is 24.1 Å². The molecule has 41 heavy (non-hydrogen) atoms.